The Morgan fingerprint density at radius 3 is 1.17 bits per heavy atom. The van der Waals surface area contributed by atoms with Crippen LogP contribution in [-0.2, 0) is 94.3 Å². The van der Waals surface area contributed by atoms with Gasteiger partial charge in [-0.1, -0.05) is 84.0 Å². The standard InChI is InChI=1S/C72H115N23O23S/c1-34(2)23-44(64(111)95-56(36(5)6)70(117)118)84-53(102)28-82-59(106)48(29-96)92-68(115)50(31-98)91-57(104)37(7)83-69(116)55(35(3)4)94-65(112)46(24-38-13-9-8-10-14-38)89-67(114)51(32-99)93-61(108)43(16-12-22-80-72(77)78)86-60(107)42(15-11-21-79-71(75)76)87-63(110)47(26-52(74)101)90-62(109)45(25-39-17-19-40(100)20-18-39)88-66(113)49(30-97)85-54(103)27-81-58(105)41(73)33-119/h8-10,13-14,17-20,34-37,41-51,55-56,96-100,119H,11-12,15-16,21-33,73H2,1-7H3,(H2,74,101)(H,81,105)(H,82,106)(H,83,116)(H,84,102)(H,85,103)(H,86,107)(H,87,110)(H,88,113)(H,89,114)(H,90,109)(H,91,104)(H,92,115)(H,93,108)(H,94,112)(H,95,111)(H,117,118)(H4,75,76,79)(H4,77,78,80)/t37-,41-,42-,43-,44-,45-,46-,47-,48-,49-,50-,51-,55-,56-/m0/s1. The Kier molecular flexibility index (Phi) is 46.1. The number of phenols is 1. The van der Waals surface area contributed by atoms with Crippen molar-refractivity contribution in [1.82, 2.24) is 90.4 Å². The maximum Gasteiger partial charge on any atom is 0.326 e. The first-order valence-corrected chi connectivity index (χ1v) is 38.4. The Morgan fingerprint density at radius 2 is 0.748 bits per heavy atom. The summed E-state index contributed by atoms with van der Waals surface area (Å²) in [7, 11) is 0. The van der Waals surface area contributed by atoms with Gasteiger partial charge in [-0.25, -0.2) is 4.79 Å². The van der Waals surface area contributed by atoms with Crippen LogP contribution in [0.1, 0.15) is 98.1 Å². The van der Waals surface area contributed by atoms with Crippen LogP contribution in [0.3, 0.4) is 0 Å². The zero-order chi connectivity index (χ0) is 89.9. The smallest absolute Gasteiger partial charge is 0.326 e. The Bertz CT molecular complexity index is 3810. The molecule has 0 bridgehead atoms. The summed E-state index contributed by atoms with van der Waals surface area (Å²) in [6.07, 6.45) is -2.51. The van der Waals surface area contributed by atoms with Crippen LogP contribution >= 0.6 is 12.6 Å². The maximum atomic E-state index is 14.6. The fourth-order valence-electron chi connectivity index (χ4n) is 10.9. The Hall–Kier alpha value is -12.1. The van der Waals surface area contributed by atoms with E-state index in [9.17, 15) is 112 Å². The molecule has 662 valence electrons. The van der Waals surface area contributed by atoms with E-state index in [0.717, 1.165) is 6.92 Å². The highest BCUT2D eigenvalue weighted by molar-refractivity contribution is 7.80. The third kappa shape index (κ3) is 38.7. The van der Waals surface area contributed by atoms with E-state index in [4.69, 9.17) is 33.8 Å². The minimum atomic E-state index is -1.97. The van der Waals surface area contributed by atoms with Gasteiger partial charge in [0.25, 0.3) is 0 Å². The lowest BCUT2D eigenvalue weighted by atomic mass is 10.0. The number of aliphatic hydroxyl groups excluding tert-OH is 4. The van der Waals surface area contributed by atoms with Gasteiger partial charge in [0.15, 0.2) is 11.9 Å². The number of primary amides is 1. The lowest BCUT2D eigenvalue weighted by Crippen LogP contribution is -2.62. The molecule has 0 radical (unpaired) electrons. The number of carboxylic acids is 1. The second-order valence-corrected chi connectivity index (χ2v) is 28.9. The molecule has 2 aromatic carbocycles. The first-order valence-electron chi connectivity index (χ1n) is 37.8. The minimum Gasteiger partial charge on any atom is -0.508 e. The lowest BCUT2D eigenvalue weighted by Gasteiger charge is -2.28. The van der Waals surface area contributed by atoms with Crippen molar-refractivity contribution in [2.24, 2.45) is 40.7 Å². The minimum absolute atomic E-state index is 0.0685. The first kappa shape index (κ1) is 103. The van der Waals surface area contributed by atoms with Crippen LogP contribution in [0.25, 0.3) is 0 Å². The van der Waals surface area contributed by atoms with Gasteiger partial charge in [0.2, 0.25) is 94.5 Å². The van der Waals surface area contributed by atoms with E-state index in [-0.39, 0.29) is 74.6 Å². The average molecular weight is 1700 g/mol. The number of aliphatic hydroxyl groups is 4. The van der Waals surface area contributed by atoms with Crippen molar-refractivity contribution in [3.63, 3.8) is 0 Å². The van der Waals surface area contributed by atoms with Gasteiger partial charge in [0.1, 0.15) is 84.3 Å². The number of nitrogens with two attached hydrogens (primary N) is 4. The van der Waals surface area contributed by atoms with Crippen molar-refractivity contribution >= 4 is 125 Å². The third-order valence-corrected chi connectivity index (χ3v) is 17.8. The molecule has 0 fully saturated rings. The van der Waals surface area contributed by atoms with Crippen LogP contribution in [0.15, 0.2) is 54.6 Å². The van der Waals surface area contributed by atoms with Gasteiger partial charge in [-0.2, -0.15) is 12.6 Å². The van der Waals surface area contributed by atoms with Crippen molar-refractivity contribution in [1.29, 1.82) is 10.8 Å². The summed E-state index contributed by atoms with van der Waals surface area (Å²) in [6, 6.07) is -9.68. The summed E-state index contributed by atoms with van der Waals surface area (Å²) in [5.74, 6) is -21.4. The molecule has 14 atom stereocenters. The number of carbonyl (C=O) groups excluding carboxylic acids is 16. The number of hydrogen-bond acceptors (Lipinski definition) is 26. The van der Waals surface area contributed by atoms with Crippen LogP contribution < -0.4 is 113 Å². The number of benzene rings is 2. The highest BCUT2D eigenvalue weighted by atomic mass is 32.1. The average Bonchev–Trinajstić information content (AvgIpc) is 0.852. The molecule has 0 heterocycles. The molecule has 0 unspecified atom stereocenters. The van der Waals surface area contributed by atoms with Crippen molar-refractivity contribution < 1.29 is 112 Å². The highest BCUT2D eigenvalue weighted by Crippen LogP contribution is 2.15. The van der Waals surface area contributed by atoms with Crippen LogP contribution in [0, 0.1) is 28.6 Å². The van der Waals surface area contributed by atoms with Gasteiger partial charge in [0, 0.05) is 31.7 Å². The van der Waals surface area contributed by atoms with Gasteiger partial charge in [-0.3, -0.25) is 87.5 Å². The molecule has 0 aliphatic heterocycles. The summed E-state index contributed by atoms with van der Waals surface area (Å²) >= 11 is 3.92. The molecule has 0 saturated carbocycles. The molecule has 47 heteroatoms. The Labute approximate surface area is 690 Å². The molecule has 0 spiro atoms. The second-order valence-electron chi connectivity index (χ2n) is 28.5. The second kappa shape index (κ2) is 53.3. The van der Waals surface area contributed by atoms with E-state index in [2.05, 4.69) is 103 Å². The van der Waals surface area contributed by atoms with Gasteiger partial charge in [0.05, 0.1) is 52.0 Å². The van der Waals surface area contributed by atoms with Crippen LogP contribution in [-0.4, -0.2) is 286 Å². The number of aromatic hydroxyl groups is 1. The van der Waals surface area contributed by atoms with E-state index in [0.29, 0.717) is 5.56 Å². The predicted molar refractivity (Wildman–Crippen MR) is 428 cm³/mol. The molecular weight excluding hydrogens is 1590 g/mol. The lowest BCUT2D eigenvalue weighted by molar-refractivity contribution is -0.143. The number of carbonyl (C=O) groups is 17. The van der Waals surface area contributed by atoms with Crippen LogP contribution in [0.2, 0.25) is 0 Å². The van der Waals surface area contributed by atoms with Gasteiger partial charge in [-0.05, 0) is 80.0 Å². The van der Waals surface area contributed by atoms with Crippen LogP contribution in [0.4, 0.5) is 0 Å². The quantitative estimate of drug-likeness (QED) is 0.0127. The number of nitrogens with one attached hydrogen (secondary N) is 19. The summed E-state index contributed by atoms with van der Waals surface area (Å²) in [4.78, 5) is 230. The number of carboxylic acid groups (broad SMARTS) is 1. The fourth-order valence-corrected chi connectivity index (χ4v) is 11.1. The first-order chi connectivity index (χ1) is 56.0. The van der Waals surface area contributed by atoms with E-state index >= 15 is 0 Å². The highest BCUT2D eigenvalue weighted by Gasteiger charge is 2.38. The van der Waals surface area contributed by atoms with E-state index in [1.807, 2.05) is 0 Å². The molecule has 0 aliphatic rings. The number of guanidine groups is 2. The molecule has 2 rings (SSSR count). The van der Waals surface area contributed by atoms with E-state index in [1.165, 1.54) is 38.1 Å². The number of phenolic OH excluding ortho intramolecular Hbond substituents is 1. The number of hydrogen-bond donors (Lipinski definition) is 30. The van der Waals surface area contributed by atoms with Crippen molar-refractivity contribution in [3.05, 3.63) is 65.7 Å². The zero-order valence-corrected chi connectivity index (χ0v) is 67.8. The largest absolute Gasteiger partial charge is 0.508 e. The monoisotopic (exact) mass is 1700 g/mol. The van der Waals surface area contributed by atoms with Crippen molar-refractivity contribution in [2.45, 2.75) is 184 Å². The molecule has 119 heavy (non-hydrogen) atoms. The molecule has 46 nitrogen and oxygen atoms in total. The van der Waals surface area contributed by atoms with Gasteiger partial charge < -0.3 is 144 Å². The third-order valence-electron chi connectivity index (χ3n) is 17.4. The van der Waals surface area contributed by atoms with Gasteiger partial charge >= 0.3 is 5.97 Å². The summed E-state index contributed by atoms with van der Waals surface area (Å²) in [5.41, 5.74) is 22.9. The Balaban J connectivity index is 2.45. The normalized spacial score (nSPS) is 14.6. The Morgan fingerprint density at radius 1 is 0.395 bits per heavy atom. The molecular formula is C72H115N23O23S. The summed E-state index contributed by atoms with van der Waals surface area (Å²) in [6.45, 7) is 4.62. The number of amides is 16. The SMILES string of the molecule is CC(C)C[C@H](NC(=O)CNC(=O)[C@H](CO)NC(=O)[C@H](CO)NC(=O)[C@H](C)NC(=O)[C@@H](NC(=O)[C@H](Cc1ccccc1)NC(=O)[C@H](CO)NC(=O)[C@H](CCCNC(=N)N)NC(=O)[C@H](CCCNC(=N)N)NC(=O)[C@H](CC(N)=O)NC(=O)[C@H](Cc1ccc(O)cc1)NC(=O)[C@H](CO)NC(=O)CNC(=O)[C@@H](N)CS)C(C)C)C(=O)N[C@H](C(=O)O)C(C)C. The fraction of sp³-hybridized carbons (Fsp3) is 0.569. The van der Waals surface area contributed by atoms with E-state index < -0.39 is 261 Å². The van der Waals surface area contributed by atoms with Crippen molar-refractivity contribution in [3.8, 4) is 5.75 Å². The number of aliphatic carboxylic acids is 1. The molecule has 0 aliphatic carbocycles. The van der Waals surface area contributed by atoms with Crippen LogP contribution in [0.5, 0.6) is 5.75 Å². The topological polar surface area (TPSA) is 768 Å². The molecule has 16 amide bonds. The summed E-state index contributed by atoms with van der Waals surface area (Å²) in [5, 5.41) is 116. The van der Waals surface area contributed by atoms with Crippen molar-refractivity contribution in [2.75, 3.05) is 58.4 Å². The maximum absolute atomic E-state index is 14.6. The molecule has 2 aromatic rings. The molecule has 0 saturated heterocycles. The number of rotatable bonds is 54. The van der Waals surface area contributed by atoms with E-state index in [1.54, 1.807) is 58.0 Å². The zero-order valence-electron chi connectivity index (χ0n) is 66.9. The number of thiol groups is 1. The predicted octanol–water partition coefficient (Wildman–Crippen LogP) is -11.2. The van der Waals surface area contributed by atoms with Gasteiger partial charge in [-0.15, -0.1) is 0 Å². The molecule has 0 aromatic heterocycles. The molecule has 33 N–H and O–H groups in total. The summed E-state index contributed by atoms with van der Waals surface area (Å²) < 4.78 is 0.